The fourth-order valence-corrected chi connectivity index (χ4v) is 1.09. The molecule has 1 N–H and O–H groups in total. The van der Waals surface area contributed by atoms with Crippen molar-refractivity contribution < 1.29 is 9.21 Å². The summed E-state index contributed by atoms with van der Waals surface area (Å²) >= 11 is 0. The summed E-state index contributed by atoms with van der Waals surface area (Å²) in [6.07, 6.45) is 2.41. The van der Waals surface area contributed by atoms with Crippen molar-refractivity contribution in [1.82, 2.24) is 5.73 Å². The molecule has 0 unspecified atom stereocenters. The van der Waals surface area contributed by atoms with Crippen molar-refractivity contribution in [1.29, 1.82) is 0 Å². The molecule has 0 saturated carbocycles. The molecule has 0 aliphatic carbocycles. The Morgan fingerprint density at radius 3 is 3.00 bits per heavy atom. The average Bonchev–Trinajstić information content (AvgIpc) is 2.37. The second-order valence-corrected chi connectivity index (χ2v) is 2.89. The Morgan fingerprint density at radius 1 is 1.75 bits per heavy atom. The Bertz CT molecular complexity index is 241. The van der Waals surface area contributed by atoms with Crippen molar-refractivity contribution in [3.63, 3.8) is 0 Å². The van der Waals surface area contributed by atoms with Crippen LogP contribution < -0.4 is 5.73 Å². The zero-order valence-electron chi connectivity index (χ0n) is 7.04. The van der Waals surface area contributed by atoms with E-state index in [4.69, 9.17) is 10.2 Å². The first-order valence-corrected chi connectivity index (χ1v) is 3.91. The zero-order valence-corrected chi connectivity index (χ0v) is 7.04. The van der Waals surface area contributed by atoms with Gasteiger partial charge in [0.1, 0.15) is 11.5 Å². The van der Waals surface area contributed by atoms with Crippen LogP contribution in [0.1, 0.15) is 19.1 Å². The van der Waals surface area contributed by atoms with E-state index in [1.165, 1.54) is 6.92 Å². The molecule has 0 amide bonds. The third kappa shape index (κ3) is 2.88. The number of carbonyl (C=O) groups is 1. The van der Waals surface area contributed by atoms with Gasteiger partial charge in [-0.2, -0.15) is 0 Å². The minimum atomic E-state index is -0.367. The predicted octanol–water partition coefficient (Wildman–Crippen LogP) is 1.45. The summed E-state index contributed by atoms with van der Waals surface area (Å²) in [6, 6.07) is 3.24. The summed E-state index contributed by atoms with van der Waals surface area (Å²) in [4.78, 5) is 10.6. The topological polar surface area (TPSA) is 54.0 Å². The number of nitrogens with one attached hydrogen (secondary N) is 1. The van der Waals surface area contributed by atoms with Gasteiger partial charge in [-0.15, -0.1) is 0 Å². The molecule has 1 heterocycles. The molecule has 0 saturated heterocycles. The minimum Gasteiger partial charge on any atom is -0.469 e. The molecule has 0 aliphatic heterocycles. The van der Waals surface area contributed by atoms with E-state index in [-0.39, 0.29) is 11.8 Å². The van der Waals surface area contributed by atoms with Gasteiger partial charge in [-0.05, 0) is 19.1 Å². The number of carbonyl (C=O) groups excluding carboxylic acids is 1. The number of hydrogen-bond donors (Lipinski definition) is 0. The second-order valence-electron chi connectivity index (χ2n) is 2.89. The summed E-state index contributed by atoms with van der Waals surface area (Å²) in [5, 5.41) is 0. The van der Waals surface area contributed by atoms with Gasteiger partial charge < -0.3 is 4.42 Å². The Kier molecular flexibility index (Phi) is 3.05. The van der Waals surface area contributed by atoms with Crippen LogP contribution in [0, 0.1) is 0 Å². The normalized spacial score (nSPS) is 12.8. The van der Waals surface area contributed by atoms with Gasteiger partial charge in [0.05, 0.1) is 6.26 Å². The lowest BCUT2D eigenvalue weighted by Gasteiger charge is -2.04. The lowest BCUT2D eigenvalue weighted by atomic mass is 10.1. The van der Waals surface area contributed by atoms with Gasteiger partial charge in [0, 0.05) is 18.9 Å². The van der Waals surface area contributed by atoms with Gasteiger partial charge in [0.2, 0.25) is 0 Å². The van der Waals surface area contributed by atoms with E-state index in [2.05, 4.69) is 0 Å². The Hall–Kier alpha value is -1.09. The first-order valence-electron chi connectivity index (χ1n) is 3.91. The highest BCUT2D eigenvalue weighted by molar-refractivity contribution is 5.76. The molecule has 1 radical (unpaired) electrons. The van der Waals surface area contributed by atoms with Gasteiger partial charge in [0.25, 0.3) is 0 Å². The molecule has 1 rings (SSSR count). The highest BCUT2D eigenvalue weighted by atomic mass is 16.3. The maximum absolute atomic E-state index is 10.6. The maximum atomic E-state index is 10.6. The molecule has 0 bridgehead atoms. The van der Waals surface area contributed by atoms with Gasteiger partial charge in [0.15, 0.2) is 0 Å². The van der Waals surface area contributed by atoms with Crippen molar-refractivity contribution in [3.8, 4) is 0 Å². The number of hydrogen-bond acceptors (Lipinski definition) is 2. The highest BCUT2D eigenvalue weighted by Gasteiger charge is 2.08. The van der Waals surface area contributed by atoms with E-state index in [9.17, 15) is 4.79 Å². The van der Waals surface area contributed by atoms with E-state index in [1.807, 2.05) is 6.07 Å². The molecule has 0 spiro atoms. The number of furan rings is 1. The summed E-state index contributed by atoms with van der Waals surface area (Å²) in [6.45, 7) is 1.50. The average molecular weight is 166 g/mol. The van der Waals surface area contributed by atoms with Crippen molar-refractivity contribution in [2.45, 2.75) is 25.8 Å². The molecule has 65 valence electrons. The smallest absolute Gasteiger partial charge is 0.131 e. The summed E-state index contributed by atoms with van der Waals surface area (Å²) in [5.74, 6) is 0.831. The first-order chi connectivity index (χ1) is 5.68. The molecule has 1 aromatic heterocycles. The van der Waals surface area contributed by atoms with Crippen molar-refractivity contribution in [3.05, 3.63) is 24.2 Å². The molecule has 1 aromatic rings. The van der Waals surface area contributed by atoms with Crippen LogP contribution in [0.4, 0.5) is 0 Å². The van der Waals surface area contributed by atoms with Gasteiger partial charge >= 0.3 is 0 Å². The Morgan fingerprint density at radius 2 is 2.50 bits per heavy atom. The molecule has 0 fully saturated rings. The zero-order chi connectivity index (χ0) is 8.97. The van der Waals surface area contributed by atoms with Crippen LogP contribution in [-0.4, -0.2) is 11.8 Å². The van der Waals surface area contributed by atoms with Crippen LogP contribution in [0.25, 0.3) is 0 Å². The van der Waals surface area contributed by atoms with Crippen LogP contribution in [0.15, 0.2) is 22.8 Å². The van der Waals surface area contributed by atoms with Crippen LogP contribution >= 0.6 is 0 Å². The number of ketones is 1. The molecule has 12 heavy (non-hydrogen) atoms. The Balaban J connectivity index is 2.36. The van der Waals surface area contributed by atoms with Crippen LogP contribution in [-0.2, 0) is 11.2 Å². The first kappa shape index (κ1) is 9.00. The largest absolute Gasteiger partial charge is 0.469 e. The van der Waals surface area contributed by atoms with Gasteiger partial charge in [-0.3, -0.25) is 10.5 Å². The third-order valence-corrected chi connectivity index (χ3v) is 1.56. The quantitative estimate of drug-likeness (QED) is 0.679. The standard InChI is InChI=1S/C9H12NO2/c1-7(11)5-8(10)6-9-3-2-4-12-9/h2-4,8,10H,5-6H2,1H3/t8-/m0/s1. The SMILES string of the molecule is CC(=O)C[C@H]([NH])Cc1ccco1. The lowest BCUT2D eigenvalue weighted by molar-refractivity contribution is -0.117. The highest BCUT2D eigenvalue weighted by Crippen LogP contribution is 2.05. The second kappa shape index (κ2) is 4.07. The van der Waals surface area contributed by atoms with Crippen molar-refractivity contribution >= 4 is 5.78 Å². The van der Waals surface area contributed by atoms with Gasteiger partial charge in [-0.25, -0.2) is 0 Å². The summed E-state index contributed by atoms with van der Waals surface area (Å²) in [5.41, 5.74) is 7.50. The van der Waals surface area contributed by atoms with E-state index in [0.29, 0.717) is 12.8 Å². The van der Waals surface area contributed by atoms with Crippen LogP contribution in [0.2, 0.25) is 0 Å². The van der Waals surface area contributed by atoms with Crippen LogP contribution in [0.3, 0.4) is 0 Å². The monoisotopic (exact) mass is 166 g/mol. The van der Waals surface area contributed by atoms with Crippen molar-refractivity contribution in [2.75, 3.05) is 0 Å². The molecule has 0 aromatic carbocycles. The molecule has 0 aliphatic rings. The van der Waals surface area contributed by atoms with Crippen molar-refractivity contribution in [2.24, 2.45) is 0 Å². The molecule has 1 atom stereocenters. The van der Waals surface area contributed by atoms with Gasteiger partial charge in [-0.1, -0.05) is 0 Å². The van der Waals surface area contributed by atoms with E-state index in [1.54, 1.807) is 12.3 Å². The summed E-state index contributed by atoms with van der Waals surface area (Å²) < 4.78 is 5.05. The third-order valence-electron chi connectivity index (χ3n) is 1.56. The van der Waals surface area contributed by atoms with E-state index >= 15 is 0 Å². The van der Waals surface area contributed by atoms with E-state index < -0.39 is 0 Å². The number of Topliss-reactive ketones (excluding diaryl/α,β-unsaturated/α-hetero) is 1. The minimum absolute atomic E-state index is 0.0570. The molecular formula is C9H12NO2. The fraction of sp³-hybridized carbons (Fsp3) is 0.444. The lowest BCUT2D eigenvalue weighted by Crippen LogP contribution is -2.15. The van der Waals surface area contributed by atoms with Crippen LogP contribution in [0.5, 0.6) is 0 Å². The molecule has 3 heteroatoms. The predicted molar refractivity (Wildman–Crippen MR) is 44.6 cm³/mol. The molecule has 3 nitrogen and oxygen atoms in total. The fourth-order valence-electron chi connectivity index (χ4n) is 1.09. The Labute approximate surface area is 71.6 Å². The summed E-state index contributed by atoms with van der Waals surface area (Å²) in [7, 11) is 0. The number of rotatable bonds is 4. The molecular weight excluding hydrogens is 154 g/mol. The van der Waals surface area contributed by atoms with E-state index in [0.717, 1.165) is 5.76 Å². The maximum Gasteiger partial charge on any atom is 0.131 e.